The fourth-order valence-electron chi connectivity index (χ4n) is 2.65. The van der Waals surface area contributed by atoms with Crippen LogP contribution in [0.3, 0.4) is 0 Å². The standard InChI is InChI=1S/C17H20O8/c1-9(18)17(24)7-13(21)16(23)14(8-17)25-15(22)5-3-10-2-4-11(19)12(20)6-10/h2-6,13-14,16,19-21,23-24H,7-8H2,1H3/b5-3+/t13-,14-,16-,17+/m1/s1. The molecule has 1 fully saturated rings. The van der Waals surface area contributed by atoms with E-state index in [1.807, 2.05) is 0 Å². The zero-order chi connectivity index (χ0) is 18.8. The summed E-state index contributed by atoms with van der Waals surface area (Å²) in [6.45, 7) is 1.15. The van der Waals surface area contributed by atoms with E-state index >= 15 is 0 Å². The van der Waals surface area contributed by atoms with Crippen LogP contribution in [0, 0.1) is 0 Å². The van der Waals surface area contributed by atoms with Crippen LogP contribution < -0.4 is 0 Å². The Labute approximate surface area is 143 Å². The lowest BCUT2D eigenvalue weighted by atomic mass is 9.77. The normalized spacial score (nSPS) is 29.5. The highest BCUT2D eigenvalue weighted by molar-refractivity contribution is 5.88. The first-order valence-electron chi connectivity index (χ1n) is 7.62. The molecule has 0 unspecified atom stereocenters. The molecule has 8 nitrogen and oxygen atoms in total. The molecule has 25 heavy (non-hydrogen) atoms. The van der Waals surface area contributed by atoms with Gasteiger partial charge in [0.2, 0.25) is 0 Å². The molecule has 8 heteroatoms. The van der Waals surface area contributed by atoms with Crippen molar-refractivity contribution in [3.63, 3.8) is 0 Å². The summed E-state index contributed by atoms with van der Waals surface area (Å²) in [4.78, 5) is 23.4. The van der Waals surface area contributed by atoms with Gasteiger partial charge in [-0.25, -0.2) is 4.79 Å². The van der Waals surface area contributed by atoms with Gasteiger partial charge in [-0.2, -0.15) is 0 Å². The van der Waals surface area contributed by atoms with E-state index in [2.05, 4.69) is 0 Å². The van der Waals surface area contributed by atoms with Crippen molar-refractivity contribution in [1.29, 1.82) is 0 Å². The van der Waals surface area contributed by atoms with Crippen LogP contribution in [0.2, 0.25) is 0 Å². The zero-order valence-corrected chi connectivity index (χ0v) is 13.5. The van der Waals surface area contributed by atoms with Gasteiger partial charge in [0.25, 0.3) is 0 Å². The second-order valence-corrected chi connectivity index (χ2v) is 6.11. The molecule has 2 rings (SSSR count). The van der Waals surface area contributed by atoms with E-state index in [1.54, 1.807) is 0 Å². The molecule has 0 spiro atoms. The average Bonchev–Trinajstić information content (AvgIpc) is 2.53. The molecule has 1 saturated carbocycles. The monoisotopic (exact) mass is 352 g/mol. The molecule has 0 heterocycles. The summed E-state index contributed by atoms with van der Waals surface area (Å²) in [5.74, 6) is -2.11. The summed E-state index contributed by atoms with van der Waals surface area (Å²) < 4.78 is 5.04. The van der Waals surface area contributed by atoms with Gasteiger partial charge in [0.15, 0.2) is 17.3 Å². The summed E-state index contributed by atoms with van der Waals surface area (Å²) >= 11 is 0. The van der Waals surface area contributed by atoms with Gasteiger partial charge in [-0.15, -0.1) is 0 Å². The van der Waals surface area contributed by atoms with Crippen molar-refractivity contribution in [2.24, 2.45) is 0 Å². The van der Waals surface area contributed by atoms with Crippen LogP contribution in [0.5, 0.6) is 11.5 Å². The molecule has 0 bridgehead atoms. The van der Waals surface area contributed by atoms with Crippen LogP contribution in [0.15, 0.2) is 24.3 Å². The molecule has 1 aromatic rings. The average molecular weight is 352 g/mol. The van der Waals surface area contributed by atoms with Gasteiger partial charge >= 0.3 is 5.97 Å². The number of aromatic hydroxyl groups is 2. The predicted octanol–water partition coefficient (Wildman–Crippen LogP) is -0.142. The van der Waals surface area contributed by atoms with Crippen molar-refractivity contribution in [1.82, 2.24) is 0 Å². The Bertz CT molecular complexity index is 698. The van der Waals surface area contributed by atoms with E-state index in [9.17, 15) is 35.1 Å². The predicted molar refractivity (Wildman–Crippen MR) is 85.6 cm³/mol. The first-order chi connectivity index (χ1) is 11.6. The molecule has 1 aromatic carbocycles. The number of hydrogen-bond donors (Lipinski definition) is 5. The van der Waals surface area contributed by atoms with Crippen molar-refractivity contribution in [2.45, 2.75) is 43.7 Å². The topological polar surface area (TPSA) is 145 Å². The minimum absolute atomic E-state index is 0.303. The van der Waals surface area contributed by atoms with Crippen molar-refractivity contribution in [3.8, 4) is 11.5 Å². The lowest BCUT2D eigenvalue weighted by Gasteiger charge is -2.40. The number of carbonyl (C=O) groups excluding carboxylic acids is 2. The van der Waals surface area contributed by atoms with Crippen molar-refractivity contribution in [3.05, 3.63) is 29.8 Å². The number of carbonyl (C=O) groups is 2. The smallest absolute Gasteiger partial charge is 0.331 e. The van der Waals surface area contributed by atoms with Crippen molar-refractivity contribution >= 4 is 17.8 Å². The summed E-state index contributed by atoms with van der Waals surface area (Å²) in [6.07, 6.45) is -2.40. The number of rotatable bonds is 4. The van der Waals surface area contributed by atoms with E-state index in [1.165, 1.54) is 24.3 Å². The van der Waals surface area contributed by atoms with Crippen LogP contribution in [0.4, 0.5) is 0 Å². The lowest BCUT2D eigenvalue weighted by molar-refractivity contribution is -0.185. The third-order valence-corrected chi connectivity index (χ3v) is 4.20. The Hall–Kier alpha value is -2.42. The molecule has 0 aromatic heterocycles. The van der Waals surface area contributed by atoms with E-state index in [0.717, 1.165) is 13.0 Å². The number of ketones is 1. The van der Waals surface area contributed by atoms with Gasteiger partial charge in [-0.1, -0.05) is 6.07 Å². The molecular weight excluding hydrogens is 332 g/mol. The van der Waals surface area contributed by atoms with Crippen molar-refractivity contribution < 1.29 is 39.9 Å². The SMILES string of the molecule is CC(=O)[C@]1(O)C[C@@H](O)[C@@H](O)[C@H](OC(=O)/C=C/c2ccc(O)c(O)c2)C1. The van der Waals surface area contributed by atoms with E-state index in [-0.39, 0.29) is 24.3 Å². The van der Waals surface area contributed by atoms with Crippen molar-refractivity contribution in [2.75, 3.05) is 0 Å². The van der Waals surface area contributed by atoms with Gasteiger partial charge < -0.3 is 30.3 Å². The number of phenols is 2. The Balaban J connectivity index is 2.06. The zero-order valence-electron chi connectivity index (χ0n) is 13.5. The van der Waals surface area contributed by atoms with Gasteiger partial charge in [-0.3, -0.25) is 4.79 Å². The largest absolute Gasteiger partial charge is 0.504 e. The Morgan fingerprint density at radius 2 is 1.88 bits per heavy atom. The third kappa shape index (κ3) is 4.36. The number of aliphatic hydroxyl groups is 3. The number of phenolic OH excluding ortho intramolecular Hbond substituents is 2. The number of Topliss-reactive ketones (excluding diaryl/α,β-unsaturated/α-hetero) is 1. The first-order valence-corrected chi connectivity index (χ1v) is 7.62. The first kappa shape index (κ1) is 18.9. The number of esters is 1. The summed E-state index contributed by atoms with van der Waals surface area (Å²) in [7, 11) is 0. The molecule has 136 valence electrons. The van der Waals surface area contributed by atoms with Crippen LogP contribution in [0.25, 0.3) is 6.08 Å². The fourth-order valence-corrected chi connectivity index (χ4v) is 2.65. The summed E-state index contributed by atoms with van der Waals surface area (Å²) in [5.41, 5.74) is -1.45. The van der Waals surface area contributed by atoms with E-state index in [4.69, 9.17) is 4.74 Å². The Morgan fingerprint density at radius 3 is 2.48 bits per heavy atom. The van der Waals surface area contributed by atoms with Gasteiger partial charge in [0.1, 0.15) is 17.8 Å². The van der Waals surface area contributed by atoms with Crippen LogP contribution in [-0.4, -0.2) is 61.2 Å². The lowest BCUT2D eigenvalue weighted by Crippen LogP contribution is -2.56. The molecule has 0 aliphatic heterocycles. The molecule has 0 saturated heterocycles. The number of hydrogen-bond acceptors (Lipinski definition) is 8. The molecule has 0 amide bonds. The quantitative estimate of drug-likeness (QED) is 0.286. The Morgan fingerprint density at radius 1 is 1.20 bits per heavy atom. The minimum Gasteiger partial charge on any atom is -0.504 e. The van der Waals surface area contributed by atoms with E-state index < -0.39 is 35.7 Å². The molecule has 4 atom stereocenters. The number of benzene rings is 1. The van der Waals surface area contributed by atoms with Crippen LogP contribution in [-0.2, 0) is 14.3 Å². The maximum atomic E-state index is 11.9. The highest BCUT2D eigenvalue weighted by Crippen LogP contribution is 2.32. The van der Waals surface area contributed by atoms with Crippen LogP contribution in [0.1, 0.15) is 25.3 Å². The molecule has 1 aliphatic carbocycles. The fraction of sp³-hybridized carbons (Fsp3) is 0.412. The summed E-state index contributed by atoms with van der Waals surface area (Å²) in [5, 5.41) is 48.5. The second-order valence-electron chi connectivity index (χ2n) is 6.11. The van der Waals surface area contributed by atoms with E-state index in [0.29, 0.717) is 5.56 Å². The molecular formula is C17H20O8. The highest BCUT2D eigenvalue weighted by Gasteiger charge is 2.48. The second kappa shape index (κ2) is 7.22. The van der Waals surface area contributed by atoms with Gasteiger partial charge in [-0.05, 0) is 30.7 Å². The maximum Gasteiger partial charge on any atom is 0.331 e. The highest BCUT2D eigenvalue weighted by atomic mass is 16.6. The molecule has 0 radical (unpaired) electrons. The Kier molecular flexibility index (Phi) is 5.46. The summed E-state index contributed by atoms with van der Waals surface area (Å²) in [6, 6.07) is 3.92. The third-order valence-electron chi connectivity index (χ3n) is 4.20. The number of aliphatic hydroxyl groups excluding tert-OH is 2. The maximum absolute atomic E-state index is 11.9. The molecule has 1 aliphatic rings. The number of ether oxygens (including phenoxy) is 1. The van der Waals surface area contributed by atoms with Crippen LogP contribution >= 0.6 is 0 Å². The molecule has 5 N–H and O–H groups in total. The van der Waals surface area contributed by atoms with Gasteiger partial charge in [0, 0.05) is 18.9 Å². The minimum atomic E-state index is -1.87. The van der Waals surface area contributed by atoms with Gasteiger partial charge in [0.05, 0.1) is 6.10 Å².